The van der Waals surface area contributed by atoms with Crippen LogP contribution >= 0.6 is 0 Å². The van der Waals surface area contributed by atoms with Gasteiger partial charge in [0.2, 0.25) is 0 Å². The molecule has 3 rings (SSSR count). The van der Waals surface area contributed by atoms with E-state index in [0.29, 0.717) is 11.1 Å². The van der Waals surface area contributed by atoms with E-state index >= 15 is 0 Å². The Bertz CT molecular complexity index is 1250. The van der Waals surface area contributed by atoms with Crippen molar-refractivity contribution in [3.8, 4) is 16.9 Å². The SMILES string of the molecule is CN(C)C(=O)c1ccc(-c2cccc(S(=O)(=O)Nc3ccc(C(=O)O)c(O)c3)c2)cc1. The molecule has 0 aromatic heterocycles. The van der Waals surface area contributed by atoms with Gasteiger partial charge in [-0.25, -0.2) is 13.2 Å². The molecule has 3 aromatic carbocycles. The van der Waals surface area contributed by atoms with Crippen molar-refractivity contribution in [3.63, 3.8) is 0 Å². The topological polar surface area (TPSA) is 124 Å². The van der Waals surface area contributed by atoms with Crippen molar-refractivity contribution in [1.29, 1.82) is 0 Å². The average Bonchev–Trinajstić information content (AvgIpc) is 2.73. The molecule has 0 radical (unpaired) electrons. The molecule has 160 valence electrons. The van der Waals surface area contributed by atoms with Crippen LogP contribution in [0.1, 0.15) is 20.7 Å². The van der Waals surface area contributed by atoms with Crippen molar-refractivity contribution >= 4 is 27.6 Å². The van der Waals surface area contributed by atoms with E-state index in [0.717, 1.165) is 17.7 Å². The van der Waals surface area contributed by atoms with Gasteiger partial charge in [0.1, 0.15) is 11.3 Å². The van der Waals surface area contributed by atoms with Crippen molar-refractivity contribution in [2.45, 2.75) is 4.90 Å². The van der Waals surface area contributed by atoms with Crippen LogP contribution in [-0.4, -0.2) is 49.5 Å². The molecule has 0 spiro atoms. The zero-order valence-electron chi connectivity index (χ0n) is 16.7. The molecular weight excluding hydrogens is 420 g/mol. The van der Waals surface area contributed by atoms with Gasteiger partial charge in [0.25, 0.3) is 15.9 Å². The second kappa shape index (κ2) is 8.49. The van der Waals surface area contributed by atoms with Gasteiger partial charge in [-0.15, -0.1) is 0 Å². The number of carbonyl (C=O) groups is 2. The smallest absolute Gasteiger partial charge is 0.339 e. The number of carbonyl (C=O) groups excluding carboxylic acids is 1. The van der Waals surface area contributed by atoms with Crippen LogP contribution in [0.15, 0.2) is 71.6 Å². The highest BCUT2D eigenvalue weighted by atomic mass is 32.2. The lowest BCUT2D eigenvalue weighted by molar-refractivity contribution is 0.0693. The Hall–Kier alpha value is -3.85. The molecule has 1 amide bonds. The van der Waals surface area contributed by atoms with Crippen molar-refractivity contribution in [1.82, 2.24) is 4.90 Å². The quantitative estimate of drug-likeness (QED) is 0.540. The monoisotopic (exact) mass is 440 g/mol. The number of aromatic carboxylic acids is 1. The first-order valence-corrected chi connectivity index (χ1v) is 10.6. The lowest BCUT2D eigenvalue weighted by Crippen LogP contribution is -2.21. The molecule has 0 saturated carbocycles. The first-order valence-electron chi connectivity index (χ1n) is 9.10. The minimum absolute atomic E-state index is 0.0137. The number of carboxylic acid groups (broad SMARTS) is 1. The highest BCUT2D eigenvalue weighted by molar-refractivity contribution is 7.92. The predicted octanol–water partition coefficient (Wildman–Crippen LogP) is 3.26. The Morgan fingerprint density at radius 3 is 2.16 bits per heavy atom. The maximum Gasteiger partial charge on any atom is 0.339 e. The third-order valence-electron chi connectivity index (χ3n) is 4.50. The van der Waals surface area contributed by atoms with Gasteiger partial charge in [0.05, 0.1) is 10.6 Å². The largest absolute Gasteiger partial charge is 0.507 e. The summed E-state index contributed by atoms with van der Waals surface area (Å²) < 4.78 is 27.9. The summed E-state index contributed by atoms with van der Waals surface area (Å²) in [6, 6.07) is 16.4. The number of nitrogens with one attached hydrogen (secondary N) is 1. The van der Waals surface area contributed by atoms with Gasteiger partial charge >= 0.3 is 5.97 Å². The van der Waals surface area contributed by atoms with Gasteiger partial charge in [-0.1, -0.05) is 24.3 Å². The molecule has 0 aliphatic heterocycles. The van der Waals surface area contributed by atoms with Gasteiger partial charge in [0.15, 0.2) is 0 Å². The number of nitrogens with zero attached hydrogens (tertiary/aromatic N) is 1. The van der Waals surface area contributed by atoms with Crippen LogP contribution in [0.2, 0.25) is 0 Å². The zero-order valence-corrected chi connectivity index (χ0v) is 17.6. The lowest BCUT2D eigenvalue weighted by Gasteiger charge is -2.12. The average molecular weight is 440 g/mol. The molecule has 9 heteroatoms. The van der Waals surface area contributed by atoms with E-state index in [-0.39, 0.29) is 22.1 Å². The molecule has 3 N–H and O–H groups in total. The summed E-state index contributed by atoms with van der Waals surface area (Å²) in [6.45, 7) is 0. The summed E-state index contributed by atoms with van der Waals surface area (Å²) in [5.74, 6) is -2.00. The minimum Gasteiger partial charge on any atom is -0.507 e. The van der Waals surface area contributed by atoms with Crippen LogP contribution < -0.4 is 4.72 Å². The number of hydrogen-bond donors (Lipinski definition) is 3. The fourth-order valence-corrected chi connectivity index (χ4v) is 3.99. The van der Waals surface area contributed by atoms with Crippen LogP contribution in [0.3, 0.4) is 0 Å². The second-order valence-electron chi connectivity index (χ2n) is 6.95. The summed E-state index contributed by atoms with van der Waals surface area (Å²) in [5.41, 5.74) is 1.58. The molecule has 31 heavy (non-hydrogen) atoms. The number of hydrogen-bond acceptors (Lipinski definition) is 5. The Morgan fingerprint density at radius 2 is 1.58 bits per heavy atom. The zero-order chi connectivity index (χ0) is 22.8. The number of benzene rings is 3. The number of anilines is 1. The van der Waals surface area contributed by atoms with Crippen molar-refractivity contribution in [2.24, 2.45) is 0 Å². The van der Waals surface area contributed by atoms with E-state index in [9.17, 15) is 23.1 Å². The Balaban J connectivity index is 1.87. The second-order valence-corrected chi connectivity index (χ2v) is 8.63. The standard InChI is InChI=1S/C22H20N2O6S/c1-24(2)21(26)15-8-6-14(7-9-15)16-4-3-5-18(12-16)31(29,30)23-17-10-11-19(22(27)28)20(25)13-17/h3-13,23,25H,1-2H3,(H,27,28). The summed E-state index contributed by atoms with van der Waals surface area (Å²) in [7, 11) is -0.677. The van der Waals surface area contributed by atoms with Gasteiger partial charge < -0.3 is 15.1 Å². The van der Waals surface area contributed by atoms with Gasteiger partial charge in [-0.05, 0) is 47.5 Å². The van der Waals surface area contributed by atoms with E-state index in [1.165, 1.54) is 23.1 Å². The molecule has 0 fully saturated rings. The van der Waals surface area contributed by atoms with E-state index < -0.39 is 21.7 Å². The van der Waals surface area contributed by atoms with E-state index in [2.05, 4.69) is 4.72 Å². The number of sulfonamides is 1. The van der Waals surface area contributed by atoms with Crippen LogP contribution in [-0.2, 0) is 10.0 Å². The lowest BCUT2D eigenvalue weighted by atomic mass is 10.0. The third-order valence-corrected chi connectivity index (χ3v) is 5.88. The third kappa shape index (κ3) is 4.84. The van der Waals surface area contributed by atoms with E-state index in [4.69, 9.17) is 5.11 Å². The molecule has 3 aromatic rings. The van der Waals surface area contributed by atoms with Gasteiger partial charge in [-0.3, -0.25) is 9.52 Å². The molecule has 8 nitrogen and oxygen atoms in total. The number of aromatic hydroxyl groups is 1. The van der Waals surface area contributed by atoms with E-state index in [1.807, 2.05) is 0 Å². The Morgan fingerprint density at radius 1 is 0.903 bits per heavy atom. The van der Waals surface area contributed by atoms with E-state index in [1.54, 1.807) is 50.5 Å². The highest BCUT2D eigenvalue weighted by Gasteiger charge is 2.17. The fraction of sp³-hybridized carbons (Fsp3) is 0.0909. The Kier molecular flexibility index (Phi) is 5.98. The number of phenols is 1. The van der Waals surface area contributed by atoms with Crippen LogP contribution in [0.4, 0.5) is 5.69 Å². The van der Waals surface area contributed by atoms with Crippen LogP contribution in [0.25, 0.3) is 11.1 Å². The maximum atomic E-state index is 12.8. The molecular formula is C22H20N2O6S. The van der Waals surface area contributed by atoms with Crippen molar-refractivity contribution in [3.05, 3.63) is 77.9 Å². The molecule has 0 unspecified atom stereocenters. The van der Waals surface area contributed by atoms with Crippen LogP contribution in [0.5, 0.6) is 5.75 Å². The summed E-state index contributed by atoms with van der Waals surface area (Å²) in [5, 5.41) is 18.7. The summed E-state index contributed by atoms with van der Waals surface area (Å²) in [4.78, 5) is 24.5. The number of carboxylic acids is 1. The van der Waals surface area contributed by atoms with Gasteiger partial charge in [-0.2, -0.15) is 0 Å². The molecule has 0 aliphatic rings. The first-order chi connectivity index (χ1) is 14.6. The number of rotatable bonds is 6. The molecule has 0 heterocycles. The molecule has 0 aliphatic carbocycles. The first kappa shape index (κ1) is 21.8. The summed E-state index contributed by atoms with van der Waals surface area (Å²) >= 11 is 0. The van der Waals surface area contributed by atoms with Crippen molar-refractivity contribution < 1.29 is 28.2 Å². The molecule has 0 bridgehead atoms. The fourth-order valence-electron chi connectivity index (χ4n) is 2.90. The normalized spacial score (nSPS) is 11.0. The van der Waals surface area contributed by atoms with Gasteiger partial charge in [0, 0.05) is 25.7 Å². The molecule has 0 saturated heterocycles. The molecule has 0 atom stereocenters. The van der Waals surface area contributed by atoms with Crippen LogP contribution in [0, 0.1) is 0 Å². The Labute approximate surface area is 179 Å². The number of amides is 1. The minimum atomic E-state index is -4.00. The summed E-state index contributed by atoms with van der Waals surface area (Å²) in [6.07, 6.45) is 0. The van der Waals surface area contributed by atoms with Crippen molar-refractivity contribution in [2.75, 3.05) is 18.8 Å². The highest BCUT2D eigenvalue weighted by Crippen LogP contribution is 2.27. The maximum absolute atomic E-state index is 12.8. The predicted molar refractivity (Wildman–Crippen MR) is 116 cm³/mol.